The smallest absolute Gasteiger partial charge is 0.239 e. The highest BCUT2D eigenvalue weighted by atomic mass is 32.2. The van der Waals surface area contributed by atoms with Crippen LogP contribution in [0.4, 0.5) is 5.82 Å². The van der Waals surface area contributed by atoms with Crippen LogP contribution in [-0.4, -0.2) is 39.7 Å². The lowest BCUT2D eigenvalue weighted by molar-refractivity contribution is 0.0264. The molecule has 2 N–H and O–H groups in total. The second-order valence-corrected chi connectivity index (χ2v) is 6.05. The number of aromatic nitrogens is 1. The maximum Gasteiger partial charge on any atom is 0.239 e. The largest absolute Gasteiger partial charge is 0.381 e. The van der Waals surface area contributed by atoms with E-state index in [1.807, 2.05) is 11.9 Å². The van der Waals surface area contributed by atoms with Gasteiger partial charge in [0.1, 0.15) is 10.7 Å². The number of pyridine rings is 1. The molecule has 1 aliphatic carbocycles. The Labute approximate surface area is 107 Å². The van der Waals surface area contributed by atoms with Crippen molar-refractivity contribution < 1.29 is 13.2 Å². The highest BCUT2D eigenvalue weighted by molar-refractivity contribution is 7.89. The van der Waals surface area contributed by atoms with Crippen LogP contribution in [0.15, 0.2) is 23.2 Å². The third kappa shape index (κ3) is 2.63. The fourth-order valence-corrected chi connectivity index (χ4v) is 2.44. The zero-order chi connectivity index (χ0) is 13.3. The van der Waals surface area contributed by atoms with Gasteiger partial charge in [0.25, 0.3) is 0 Å². The fraction of sp³-hybridized carbons (Fsp3) is 0.545. The number of sulfonamides is 1. The van der Waals surface area contributed by atoms with E-state index >= 15 is 0 Å². The molecule has 1 aliphatic rings. The number of rotatable bonds is 4. The molecule has 100 valence electrons. The molecule has 0 atom stereocenters. The van der Waals surface area contributed by atoms with Crippen LogP contribution in [0.1, 0.15) is 12.8 Å². The van der Waals surface area contributed by atoms with Crippen molar-refractivity contribution >= 4 is 15.8 Å². The van der Waals surface area contributed by atoms with Gasteiger partial charge in [-0.3, -0.25) is 0 Å². The highest BCUT2D eigenvalue weighted by Crippen LogP contribution is 2.29. The van der Waals surface area contributed by atoms with Crippen LogP contribution in [0, 0.1) is 0 Å². The Morgan fingerprint density at radius 2 is 2.11 bits per heavy atom. The van der Waals surface area contributed by atoms with E-state index in [0.29, 0.717) is 12.1 Å². The van der Waals surface area contributed by atoms with Crippen molar-refractivity contribution in [3.8, 4) is 0 Å². The second-order valence-electron chi connectivity index (χ2n) is 4.49. The van der Waals surface area contributed by atoms with Gasteiger partial charge in [0.2, 0.25) is 10.0 Å². The maximum atomic E-state index is 11.1. The minimum absolute atomic E-state index is 0.0306. The topological polar surface area (TPSA) is 85.5 Å². The van der Waals surface area contributed by atoms with Gasteiger partial charge in [0.15, 0.2) is 0 Å². The van der Waals surface area contributed by atoms with E-state index in [4.69, 9.17) is 9.88 Å². The van der Waals surface area contributed by atoms with Crippen LogP contribution in [0.3, 0.4) is 0 Å². The first-order chi connectivity index (χ1) is 8.41. The third-order valence-electron chi connectivity index (χ3n) is 3.36. The Morgan fingerprint density at radius 1 is 1.44 bits per heavy atom. The van der Waals surface area contributed by atoms with Crippen LogP contribution in [-0.2, 0) is 14.8 Å². The Hall–Kier alpha value is -1.18. The number of ether oxygens (including phenoxy) is 1. The van der Waals surface area contributed by atoms with Gasteiger partial charge in [0, 0.05) is 26.4 Å². The van der Waals surface area contributed by atoms with Gasteiger partial charge in [-0.1, -0.05) is 0 Å². The first-order valence-electron chi connectivity index (χ1n) is 5.66. The van der Waals surface area contributed by atoms with Crippen LogP contribution in [0.25, 0.3) is 0 Å². The molecular weight excluding hydrogens is 254 g/mol. The van der Waals surface area contributed by atoms with E-state index in [1.165, 1.54) is 12.3 Å². The van der Waals surface area contributed by atoms with Crippen LogP contribution in [0.2, 0.25) is 0 Å². The van der Waals surface area contributed by atoms with E-state index in [2.05, 4.69) is 4.98 Å². The normalized spacial score (nSPS) is 23.5. The van der Waals surface area contributed by atoms with Crippen molar-refractivity contribution in [3.63, 3.8) is 0 Å². The number of hydrogen-bond donors (Lipinski definition) is 1. The summed E-state index contributed by atoms with van der Waals surface area (Å²) in [7, 11) is -0.0225. The molecule has 18 heavy (non-hydrogen) atoms. The standard InChI is InChI=1S/C11H17N3O3S/c1-14(8-5-9(6-8)17-2)11-4-3-10(7-13-11)18(12,15)16/h3-4,7-9H,5-6H2,1-2H3,(H2,12,15,16). The molecule has 6 nitrogen and oxygen atoms in total. The first-order valence-corrected chi connectivity index (χ1v) is 7.21. The molecule has 0 radical (unpaired) electrons. The maximum absolute atomic E-state index is 11.1. The molecule has 0 saturated heterocycles. The van der Waals surface area contributed by atoms with Crippen molar-refractivity contribution in [1.29, 1.82) is 0 Å². The number of methoxy groups -OCH3 is 1. The molecule has 1 aromatic heterocycles. The predicted octanol–water partition coefficient (Wildman–Crippen LogP) is 0.343. The molecule has 0 amide bonds. The minimum atomic E-state index is -3.67. The average molecular weight is 271 g/mol. The van der Waals surface area contributed by atoms with Gasteiger partial charge in [-0.25, -0.2) is 18.5 Å². The van der Waals surface area contributed by atoms with Gasteiger partial charge >= 0.3 is 0 Å². The van der Waals surface area contributed by atoms with Gasteiger partial charge < -0.3 is 9.64 Å². The quantitative estimate of drug-likeness (QED) is 0.853. The molecule has 1 fully saturated rings. The van der Waals surface area contributed by atoms with Gasteiger partial charge in [-0.15, -0.1) is 0 Å². The van der Waals surface area contributed by atoms with Crippen LogP contribution < -0.4 is 10.0 Å². The highest BCUT2D eigenvalue weighted by Gasteiger charge is 2.32. The summed E-state index contributed by atoms with van der Waals surface area (Å²) in [4.78, 5) is 6.19. The number of primary sulfonamides is 1. The van der Waals surface area contributed by atoms with E-state index in [0.717, 1.165) is 18.7 Å². The van der Waals surface area contributed by atoms with E-state index in [1.54, 1.807) is 13.2 Å². The zero-order valence-electron chi connectivity index (χ0n) is 10.4. The molecule has 2 rings (SSSR count). The SMILES string of the molecule is COC1CC(N(C)c2ccc(S(N)(=O)=O)cn2)C1. The van der Waals surface area contributed by atoms with Gasteiger partial charge in [-0.05, 0) is 25.0 Å². The van der Waals surface area contributed by atoms with E-state index in [9.17, 15) is 8.42 Å². The number of hydrogen-bond acceptors (Lipinski definition) is 5. The molecule has 0 unspecified atom stereocenters. The lowest BCUT2D eigenvalue weighted by atomic mass is 9.88. The van der Waals surface area contributed by atoms with Gasteiger partial charge in [0.05, 0.1) is 6.10 Å². The summed E-state index contributed by atoms with van der Waals surface area (Å²) in [6.07, 6.45) is 3.53. The number of anilines is 1. The molecule has 0 spiro atoms. The van der Waals surface area contributed by atoms with Crippen LogP contribution >= 0.6 is 0 Å². The molecular formula is C11H17N3O3S. The number of nitrogens with zero attached hydrogens (tertiary/aromatic N) is 2. The summed E-state index contributed by atoms with van der Waals surface area (Å²) in [5.74, 6) is 0.738. The molecule has 0 aliphatic heterocycles. The predicted molar refractivity (Wildman–Crippen MR) is 67.8 cm³/mol. The average Bonchev–Trinajstić information content (AvgIpc) is 2.26. The Bertz CT molecular complexity index is 509. The lowest BCUT2D eigenvalue weighted by Crippen LogP contribution is -2.46. The van der Waals surface area contributed by atoms with Crippen molar-refractivity contribution in [2.45, 2.75) is 29.9 Å². The molecule has 0 bridgehead atoms. The Kier molecular flexibility index (Phi) is 3.56. The van der Waals surface area contributed by atoms with Gasteiger partial charge in [-0.2, -0.15) is 0 Å². The molecule has 0 aromatic carbocycles. The summed E-state index contributed by atoms with van der Waals surface area (Å²) in [5, 5.41) is 5.02. The van der Waals surface area contributed by atoms with Crippen molar-refractivity contribution in [3.05, 3.63) is 18.3 Å². The lowest BCUT2D eigenvalue weighted by Gasteiger charge is -2.40. The summed E-state index contributed by atoms with van der Waals surface area (Å²) >= 11 is 0. The molecule has 1 heterocycles. The molecule has 1 saturated carbocycles. The van der Waals surface area contributed by atoms with E-state index < -0.39 is 10.0 Å². The van der Waals surface area contributed by atoms with Crippen molar-refractivity contribution in [2.75, 3.05) is 19.1 Å². The number of nitrogens with two attached hydrogens (primary N) is 1. The third-order valence-corrected chi connectivity index (χ3v) is 4.26. The summed E-state index contributed by atoms with van der Waals surface area (Å²) in [6, 6.07) is 3.53. The first kappa shape index (κ1) is 13.3. The van der Waals surface area contributed by atoms with E-state index in [-0.39, 0.29) is 4.90 Å². The van der Waals surface area contributed by atoms with Crippen molar-refractivity contribution in [1.82, 2.24) is 4.98 Å². The molecule has 7 heteroatoms. The minimum Gasteiger partial charge on any atom is -0.381 e. The monoisotopic (exact) mass is 271 g/mol. The zero-order valence-corrected chi connectivity index (χ0v) is 11.2. The Balaban J connectivity index is 2.06. The summed E-state index contributed by atoms with van der Waals surface area (Å²) in [6.45, 7) is 0. The van der Waals surface area contributed by atoms with Crippen LogP contribution in [0.5, 0.6) is 0 Å². The molecule has 1 aromatic rings. The summed E-state index contributed by atoms with van der Waals surface area (Å²) < 4.78 is 27.4. The fourth-order valence-electron chi connectivity index (χ4n) is 1.98. The Morgan fingerprint density at radius 3 is 2.56 bits per heavy atom. The summed E-state index contributed by atoms with van der Waals surface area (Å²) in [5.41, 5.74) is 0. The second kappa shape index (κ2) is 4.83. The van der Waals surface area contributed by atoms with Crippen molar-refractivity contribution in [2.24, 2.45) is 5.14 Å².